The molecule has 0 fully saturated rings. The maximum atomic E-state index is 12.9. The first-order valence-corrected chi connectivity index (χ1v) is 11.4. The van der Waals surface area contributed by atoms with Crippen LogP contribution in [0.15, 0.2) is 75.8 Å². The minimum atomic E-state index is -0.415. The van der Waals surface area contributed by atoms with Crippen LogP contribution in [0.4, 0.5) is 5.69 Å². The number of nitrogens with one attached hydrogen (secondary N) is 1. The highest BCUT2D eigenvalue weighted by atomic mass is 32.1. The second-order valence-corrected chi connectivity index (χ2v) is 8.65. The maximum Gasteiger partial charge on any atom is 0.277 e. The number of benzene rings is 2. The molecule has 0 radical (unpaired) electrons. The highest BCUT2D eigenvalue weighted by molar-refractivity contribution is 7.15. The molecule has 0 bridgehead atoms. The van der Waals surface area contributed by atoms with Gasteiger partial charge >= 0.3 is 0 Å². The summed E-state index contributed by atoms with van der Waals surface area (Å²) in [4.78, 5) is 19.5. The molecule has 0 aliphatic rings. The van der Waals surface area contributed by atoms with Gasteiger partial charge in [-0.3, -0.25) is 4.79 Å². The van der Waals surface area contributed by atoms with Gasteiger partial charge in [0.2, 0.25) is 5.82 Å². The van der Waals surface area contributed by atoms with Crippen LogP contribution in [0, 0.1) is 6.92 Å². The van der Waals surface area contributed by atoms with E-state index in [4.69, 9.17) is 13.8 Å². The number of aromatic nitrogens is 3. The summed E-state index contributed by atoms with van der Waals surface area (Å²) in [7, 11) is 0. The fraction of sp³-hybridized carbons (Fsp3) is 0.120. The quantitative estimate of drug-likeness (QED) is 0.306. The highest BCUT2D eigenvalue weighted by Gasteiger charge is 2.19. The van der Waals surface area contributed by atoms with E-state index >= 15 is 0 Å². The van der Waals surface area contributed by atoms with Crippen molar-refractivity contribution in [2.75, 3.05) is 11.9 Å². The van der Waals surface area contributed by atoms with E-state index in [0.29, 0.717) is 35.3 Å². The van der Waals surface area contributed by atoms with Crippen molar-refractivity contribution in [1.29, 1.82) is 0 Å². The standard InChI is InChI=1S/C25H20N4O4S/c1-3-31-17-11-9-16(10-12-17)21-14-20(28-32-21)24(30)26-19-7-5-4-6-18(19)25-27-23(29-33-25)22-13-8-15(2)34-22/h4-14H,3H2,1-2H3,(H,26,30). The number of anilines is 1. The van der Waals surface area contributed by atoms with E-state index in [1.54, 1.807) is 29.5 Å². The van der Waals surface area contributed by atoms with Crippen molar-refractivity contribution in [1.82, 2.24) is 15.3 Å². The molecule has 8 nitrogen and oxygen atoms in total. The Kier molecular flexibility index (Phi) is 5.92. The molecular weight excluding hydrogens is 452 g/mol. The van der Waals surface area contributed by atoms with Crippen LogP contribution in [0.3, 0.4) is 0 Å². The molecule has 0 saturated carbocycles. The monoisotopic (exact) mass is 472 g/mol. The van der Waals surface area contributed by atoms with Crippen LogP contribution < -0.4 is 10.1 Å². The summed E-state index contributed by atoms with van der Waals surface area (Å²) in [5.74, 6) is 1.65. The summed E-state index contributed by atoms with van der Waals surface area (Å²) in [6.45, 7) is 4.53. The average molecular weight is 473 g/mol. The molecule has 0 aliphatic heterocycles. The zero-order valence-electron chi connectivity index (χ0n) is 18.4. The first-order valence-electron chi connectivity index (χ1n) is 10.6. The van der Waals surface area contributed by atoms with Gasteiger partial charge in [-0.25, -0.2) is 0 Å². The van der Waals surface area contributed by atoms with Crippen molar-refractivity contribution >= 4 is 22.9 Å². The van der Waals surface area contributed by atoms with Gasteiger partial charge < -0.3 is 19.1 Å². The van der Waals surface area contributed by atoms with Crippen molar-refractivity contribution in [2.24, 2.45) is 0 Å². The van der Waals surface area contributed by atoms with Gasteiger partial charge in [0.05, 0.1) is 22.7 Å². The number of hydrogen-bond acceptors (Lipinski definition) is 8. The largest absolute Gasteiger partial charge is 0.494 e. The lowest BCUT2D eigenvalue weighted by Crippen LogP contribution is -2.12. The molecule has 1 amide bonds. The van der Waals surface area contributed by atoms with Gasteiger partial charge in [-0.15, -0.1) is 11.3 Å². The normalized spacial score (nSPS) is 10.9. The van der Waals surface area contributed by atoms with E-state index in [-0.39, 0.29) is 5.69 Å². The lowest BCUT2D eigenvalue weighted by Gasteiger charge is -2.06. The smallest absolute Gasteiger partial charge is 0.277 e. The molecule has 0 unspecified atom stereocenters. The van der Waals surface area contributed by atoms with Crippen LogP contribution in [0.25, 0.3) is 33.5 Å². The summed E-state index contributed by atoms with van der Waals surface area (Å²) in [6, 6.07) is 20.2. The van der Waals surface area contributed by atoms with E-state index in [9.17, 15) is 4.79 Å². The minimum Gasteiger partial charge on any atom is -0.494 e. The van der Waals surface area contributed by atoms with Crippen LogP contribution in [-0.2, 0) is 0 Å². The van der Waals surface area contributed by atoms with Crippen molar-refractivity contribution in [2.45, 2.75) is 13.8 Å². The number of nitrogens with zero attached hydrogens (tertiary/aromatic N) is 3. The maximum absolute atomic E-state index is 12.9. The lowest BCUT2D eigenvalue weighted by atomic mass is 10.1. The third-order valence-corrected chi connectivity index (χ3v) is 5.98. The molecule has 2 aromatic carbocycles. The van der Waals surface area contributed by atoms with E-state index in [2.05, 4.69) is 20.6 Å². The van der Waals surface area contributed by atoms with Crippen LogP contribution >= 0.6 is 11.3 Å². The average Bonchev–Trinajstić information content (AvgIpc) is 3.61. The number of thiophene rings is 1. The number of para-hydroxylation sites is 1. The molecule has 34 heavy (non-hydrogen) atoms. The molecule has 3 aromatic heterocycles. The number of aryl methyl sites for hydroxylation is 1. The third-order valence-electron chi connectivity index (χ3n) is 4.99. The molecule has 1 N–H and O–H groups in total. The van der Waals surface area contributed by atoms with Crippen molar-refractivity contribution in [3.05, 3.63) is 77.3 Å². The van der Waals surface area contributed by atoms with E-state index < -0.39 is 5.91 Å². The first-order chi connectivity index (χ1) is 16.6. The fourth-order valence-electron chi connectivity index (χ4n) is 3.35. The Morgan fingerprint density at radius 1 is 1.03 bits per heavy atom. The predicted octanol–water partition coefficient (Wildman–Crippen LogP) is 6.08. The Bertz CT molecular complexity index is 1440. The van der Waals surface area contributed by atoms with Gasteiger partial charge in [0.1, 0.15) is 5.75 Å². The summed E-state index contributed by atoms with van der Waals surface area (Å²) in [6.07, 6.45) is 0. The highest BCUT2D eigenvalue weighted by Crippen LogP contribution is 2.31. The Morgan fingerprint density at radius 2 is 1.85 bits per heavy atom. The molecular formula is C25H20N4O4S. The van der Waals surface area contributed by atoms with Gasteiger partial charge in [0.25, 0.3) is 11.8 Å². The molecule has 0 saturated heterocycles. The number of rotatable bonds is 7. The number of hydrogen-bond donors (Lipinski definition) is 1. The van der Waals surface area contributed by atoms with Gasteiger partial charge in [0, 0.05) is 16.5 Å². The third kappa shape index (κ3) is 4.46. The van der Waals surface area contributed by atoms with Crippen LogP contribution in [0.1, 0.15) is 22.3 Å². The zero-order valence-corrected chi connectivity index (χ0v) is 19.3. The second-order valence-electron chi connectivity index (χ2n) is 7.37. The topological polar surface area (TPSA) is 103 Å². The van der Waals surface area contributed by atoms with Gasteiger partial charge in [-0.2, -0.15) is 4.98 Å². The predicted molar refractivity (Wildman–Crippen MR) is 129 cm³/mol. The van der Waals surface area contributed by atoms with Gasteiger partial charge in [-0.1, -0.05) is 22.4 Å². The first kappa shape index (κ1) is 21.6. The van der Waals surface area contributed by atoms with Crippen LogP contribution in [-0.4, -0.2) is 27.8 Å². The summed E-state index contributed by atoms with van der Waals surface area (Å²) >= 11 is 1.58. The van der Waals surface area contributed by atoms with E-state index in [0.717, 1.165) is 21.1 Å². The Morgan fingerprint density at radius 3 is 2.62 bits per heavy atom. The molecule has 0 spiro atoms. The van der Waals surface area contributed by atoms with Crippen molar-refractivity contribution < 1.29 is 18.6 Å². The Hall–Kier alpha value is -4.24. The molecule has 0 aliphatic carbocycles. The summed E-state index contributed by atoms with van der Waals surface area (Å²) in [5.41, 5.74) is 2.07. The molecule has 3 heterocycles. The minimum absolute atomic E-state index is 0.152. The summed E-state index contributed by atoms with van der Waals surface area (Å²) in [5, 5.41) is 10.9. The Labute approximate surface area is 199 Å². The fourth-order valence-corrected chi connectivity index (χ4v) is 4.15. The van der Waals surface area contributed by atoms with E-state index in [1.807, 2.05) is 62.4 Å². The van der Waals surface area contributed by atoms with E-state index in [1.165, 1.54) is 0 Å². The number of amides is 1. The van der Waals surface area contributed by atoms with Crippen LogP contribution in [0.5, 0.6) is 5.75 Å². The molecule has 9 heteroatoms. The molecule has 0 atom stereocenters. The van der Waals surface area contributed by atoms with Crippen molar-refractivity contribution in [3.8, 4) is 39.2 Å². The SMILES string of the molecule is CCOc1ccc(-c2cc(C(=O)Nc3ccccc3-c3nc(-c4ccc(C)s4)no3)no2)cc1. The molecule has 5 aromatic rings. The molecule has 5 rings (SSSR count). The number of carbonyl (C=O) groups is 1. The second kappa shape index (κ2) is 9.32. The summed E-state index contributed by atoms with van der Waals surface area (Å²) < 4.78 is 16.3. The van der Waals surface area contributed by atoms with Crippen LogP contribution in [0.2, 0.25) is 0 Å². The Balaban J connectivity index is 1.35. The number of ether oxygens (including phenoxy) is 1. The lowest BCUT2D eigenvalue weighted by molar-refractivity contribution is 0.101. The van der Waals surface area contributed by atoms with Gasteiger partial charge in [0.15, 0.2) is 11.5 Å². The zero-order chi connectivity index (χ0) is 23.5. The molecule has 170 valence electrons. The van der Waals surface area contributed by atoms with Crippen molar-refractivity contribution in [3.63, 3.8) is 0 Å². The van der Waals surface area contributed by atoms with Gasteiger partial charge in [-0.05, 0) is 62.4 Å². The number of carbonyl (C=O) groups excluding carboxylic acids is 1.